The third-order valence-electron chi connectivity index (χ3n) is 2.61. The minimum absolute atomic E-state index is 0.290. The lowest BCUT2D eigenvalue weighted by Gasteiger charge is -2.35. The lowest BCUT2D eigenvalue weighted by atomic mass is 10.2. The zero-order chi connectivity index (χ0) is 9.99. The lowest BCUT2D eigenvalue weighted by Crippen LogP contribution is -2.40. The van der Waals surface area contributed by atoms with Crippen molar-refractivity contribution < 1.29 is 4.21 Å². The summed E-state index contributed by atoms with van der Waals surface area (Å²) < 4.78 is 14.5. The number of hydrogen-bond acceptors (Lipinski definition) is 2. The molecular weight excluding hydrogens is 210 g/mol. The van der Waals surface area contributed by atoms with E-state index in [1.807, 2.05) is 0 Å². The van der Waals surface area contributed by atoms with Crippen molar-refractivity contribution in [3.05, 3.63) is 0 Å². The first-order valence-corrected chi connectivity index (χ1v) is 9.30. The van der Waals surface area contributed by atoms with Gasteiger partial charge in [-0.1, -0.05) is 33.9 Å². The van der Waals surface area contributed by atoms with E-state index >= 15 is 0 Å². The summed E-state index contributed by atoms with van der Waals surface area (Å²) >= 11 is 0. The van der Waals surface area contributed by atoms with Crippen molar-refractivity contribution in [2.75, 3.05) is 6.17 Å². The molecule has 0 amide bonds. The molecule has 0 rings (SSSR count). The highest BCUT2D eigenvalue weighted by Gasteiger charge is 2.34. The fourth-order valence-corrected chi connectivity index (χ4v) is 3.28. The molecule has 1 atom stereocenters. The number of hydrogen-bond donors (Lipinski definition) is 1. The van der Waals surface area contributed by atoms with Crippen LogP contribution in [-0.4, -0.2) is 18.5 Å². The Morgan fingerprint density at radius 2 is 1.83 bits per heavy atom. The highest BCUT2D eigenvalue weighted by Crippen LogP contribution is 2.35. The highest BCUT2D eigenvalue weighted by atomic mass is 35.7. The van der Waals surface area contributed by atoms with Gasteiger partial charge in [0.1, 0.15) is 9.81 Å². The Morgan fingerprint density at radius 3 is 2.08 bits per heavy atom. The van der Waals surface area contributed by atoms with E-state index in [2.05, 4.69) is 38.2 Å². The molecule has 0 aliphatic heterocycles. The first-order valence-electron chi connectivity index (χ1n) is 3.97. The van der Waals surface area contributed by atoms with Crippen molar-refractivity contribution in [2.24, 2.45) is 4.36 Å². The molecule has 0 aromatic heterocycles. The Balaban J connectivity index is 4.44. The van der Waals surface area contributed by atoms with Gasteiger partial charge in [-0.05, 0) is 15.7 Å². The average molecular weight is 228 g/mol. The van der Waals surface area contributed by atoms with Crippen LogP contribution in [0.4, 0.5) is 0 Å². The van der Waals surface area contributed by atoms with Crippen LogP contribution in [0.3, 0.4) is 0 Å². The van der Waals surface area contributed by atoms with Crippen molar-refractivity contribution in [1.29, 1.82) is 0 Å². The monoisotopic (exact) mass is 227 g/mol. The molecule has 74 valence electrons. The third-order valence-corrected chi connectivity index (χ3v) is 8.57. The Kier molecular flexibility index (Phi) is 4.27. The van der Waals surface area contributed by atoms with E-state index in [0.29, 0.717) is 11.2 Å². The summed E-state index contributed by atoms with van der Waals surface area (Å²) in [4.78, 5) is 0. The maximum absolute atomic E-state index is 10.6. The van der Waals surface area contributed by atoms with E-state index in [1.54, 1.807) is 0 Å². The van der Waals surface area contributed by atoms with E-state index in [-0.39, 0.29) is 0 Å². The van der Waals surface area contributed by atoms with Gasteiger partial charge in [0.05, 0.1) is 8.07 Å². The molecule has 0 saturated carbocycles. The van der Waals surface area contributed by atoms with Crippen LogP contribution in [0.15, 0.2) is 4.36 Å². The SMILES string of the molecule is CC(C)(C)[Si](C)(C)C/N=[SH](=O)\Cl. The van der Waals surface area contributed by atoms with E-state index in [4.69, 9.17) is 10.7 Å². The molecule has 0 aliphatic carbocycles. The van der Waals surface area contributed by atoms with Crippen molar-refractivity contribution in [3.8, 4) is 0 Å². The minimum Gasteiger partial charge on any atom is -0.237 e. The maximum Gasteiger partial charge on any atom is 0.118 e. The van der Waals surface area contributed by atoms with Crippen LogP contribution in [0.25, 0.3) is 0 Å². The molecular formula is C7H18ClNOSSi. The topological polar surface area (TPSA) is 29.4 Å². The second-order valence-corrected chi connectivity index (χ2v) is 11.8. The van der Waals surface area contributed by atoms with Crippen LogP contribution in [0.5, 0.6) is 0 Å². The number of rotatable bonds is 2. The van der Waals surface area contributed by atoms with Crippen molar-refractivity contribution in [2.45, 2.75) is 38.9 Å². The van der Waals surface area contributed by atoms with E-state index in [9.17, 15) is 4.21 Å². The third kappa shape index (κ3) is 3.91. The Bertz CT molecular complexity index is 228. The van der Waals surface area contributed by atoms with Gasteiger partial charge >= 0.3 is 0 Å². The molecule has 0 aromatic rings. The predicted octanol–water partition coefficient (Wildman–Crippen LogP) is 2.85. The molecule has 0 spiro atoms. The minimum atomic E-state index is -1.83. The van der Waals surface area contributed by atoms with Gasteiger partial charge in [0, 0.05) is 6.17 Å². The van der Waals surface area contributed by atoms with Crippen molar-refractivity contribution >= 4 is 28.6 Å². The number of nitrogens with zero attached hydrogens (tertiary/aromatic N) is 1. The van der Waals surface area contributed by atoms with Crippen LogP contribution < -0.4 is 0 Å². The molecule has 0 N–H and O–H groups in total. The Labute approximate surface area is 82.4 Å². The van der Waals surface area contributed by atoms with Crippen molar-refractivity contribution in [1.82, 2.24) is 0 Å². The van der Waals surface area contributed by atoms with Crippen LogP contribution in [0.2, 0.25) is 18.1 Å². The van der Waals surface area contributed by atoms with Crippen LogP contribution in [0.1, 0.15) is 20.8 Å². The standard InChI is InChI=1S/C7H18ClNOSSi/c1-7(2,3)12(4,5)6-9-11(8)10/h11H,6H2,1-5H3. The molecule has 0 bridgehead atoms. The van der Waals surface area contributed by atoms with Gasteiger partial charge < -0.3 is 0 Å². The van der Waals surface area contributed by atoms with Gasteiger partial charge in [-0.2, -0.15) is 0 Å². The molecule has 0 fully saturated rings. The molecule has 0 aliphatic rings. The number of halogens is 1. The molecule has 12 heavy (non-hydrogen) atoms. The number of thiol groups is 1. The van der Waals surface area contributed by atoms with Gasteiger partial charge in [-0.3, -0.25) is 0 Å². The second kappa shape index (κ2) is 4.11. The summed E-state index contributed by atoms with van der Waals surface area (Å²) in [7, 11) is 2.07. The summed E-state index contributed by atoms with van der Waals surface area (Å²) in [6.07, 6.45) is 0.690. The molecule has 0 aromatic carbocycles. The van der Waals surface area contributed by atoms with Gasteiger partial charge in [0.15, 0.2) is 0 Å². The van der Waals surface area contributed by atoms with Gasteiger partial charge in [-0.25, -0.2) is 8.57 Å². The zero-order valence-electron chi connectivity index (χ0n) is 8.39. The highest BCUT2D eigenvalue weighted by molar-refractivity contribution is 8.00. The summed E-state index contributed by atoms with van der Waals surface area (Å²) in [6.45, 7) is 11.1. The summed E-state index contributed by atoms with van der Waals surface area (Å²) in [5.41, 5.74) is 0. The molecule has 0 radical (unpaired) electrons. The summed E-state index contributed by atoms with van der Waals surface area (Å²) in [6, 6.07) is 0. The second-order valence-electron chi connectivity index (χ2n) is 4.66. The predicted molar refractivity (Wildman–Crippen MR) is 59.9 cm³/mol. The van der Waals surface area contributed by atoms with Gasteiger partial charge in [0.2, 0.25) is 0 Å². The van der Waals surface area contributed by atoms with Gasteiger partial charge in [-0.15, -0.1) is 0 Å². The zero-order valence-corrected chi connectivity index (χ0v) is 11.0. The molecule has 2 nitrogen and oxygen atoms in total. The fourth-order valence-electron chi connectivity index (χ4n) is 0.470. The first kappa shape index (κ1) is 12.5. The van der Waals surface area contributed by atoms with Crippen molar-refractivity contribution in [3.63, 3.8) is 0 Å². The van der Waals surface area contributed by atoms with Crippen LogP contribution in [-0.2, 0) is 9.81 Å². The lowest BCUT2D eigenvalue weighted by molar-refractivity contribution is 0.693. The van der Waals surface area contributed by atoms with Gasteiger partial charge in [0.25, 0.3) is 0 Å². The van der Waals surface area contributed by atoms with Crippen LogP contribution in [0, 0.1) is 0 Å². The normalized spacial score (nSPS) is 16.5. The molecule has 0 saturated heterocycles. The Hall–Kier alpha value is 0.457. The summed E-state index contributed by atoms with van der Waals surface area (Å²) in [5, 5.41) is 0.290. The average Bonchev–Trinajstić information content (AvgIpc) is 1.81. The quantitative estimate of drug-likeness (QED) is 0.439. The van der Waals surface area contributed by atoms with E-state index < -0.39 is 17.9 Å². The molecule has 1 unspecified atom stereocenters. The van der Waals surface area contributed by atoms with E-state index in [1.165, 1.54) is 0 Å². The Morgan fingerprint density at radius 1 is 1.42 bits per heavy atom. The smallest absolute Gasteiger partial charge is 0.118 e. The fraction of sp³-hybridized carbons (Fsp3) is 1.00. The molecule has 5 heteroatoms. The maximum atomic E-state index is 10.6. The van der Waals surface area contributed by atoms with Crippen LogP contribution >= 0.6 is 10.7 Å². The molecule has 0 heterocycles. The summed E-state index contributed by atoms with van der Waals surface area (Å²) in [5.74, 6) is 0. The van der Waals surface area contributed by atoms with E-state index in [0.717, 1.165) is 0 Å². The largest absolute Gasteiger partial charge is 0.237 e. The first-order chi connectivity index (χ1) is 5.17.